The normalized spacial score (nSPS) is 6.00. The summed E-state index contributed by atoms with van der Waals surface area (Å²) in [7, 11) is -9.96. The Morgan fingerprint density at radius 2 is 0.594 bits per heavy atom. The summed E-state index contributed by atoms with van der Waals surface area (Å²) >= 11 is 0. The van der Waals surface area contributed by atoms with Gasteiger partial charge in [0.1, 0.15) is 0 Å². The molecule has 0 amide bonds. The Labute approximate surface area is 714 Å². The van der Waals surface area contributed by atoms with Crippen LogP contribution in [-0.2, 0) is 27.8 Å². The number of carbonyl (C=O) groups is 2. The van der Waals surface area contributed by atoms with E-state index in [4.69, 9.17) is 19.6 Å². The molecule has 158 valence electrons. The monoisotopic (exact) mass is 950 g/mol. The van der Waals surface area contributed by atoms with E-state index in [1.807, 2.05) is 0 Å². The predicted molar refractivity (Wildman–Crippen MR) is 173 cm³/mol. The van der Waals surface area contributed by atoms with Crippen molar-refractivity contribution < 1.29 is 93.0 Å². The van der Waals surface area contributed by atoms with Gasteiger partial charge in [-0.15, -0.1) is 0 Å². The van der Waals surface area contributed by atoms with Crippen LogP contribution >= 0.6 is 15.6 Å². The molecule has 0 bridgehead atoms. The minimum atomic E-state index is -4.98. The van der Waals surface area contributed by atoms with E-state index in [0.717, 1.165) is 0 Å². The van der Waals surface area contributed by atoms with Gasteiger partial charge in [0, 0.05) is 0 Å². The first kappa shape index (κ1) is 110. The van der Waals surface area contributed by atoms with Crippen molar-refractivity contribution in [2.75, 3.05) is 0 Å². The van der Waals surface area contributed by atoms with Gasteiger partial charge >= 0.3 is 631 Å². The molecule has 0 saturated carbocycles. The largest absolute Gasteiger partial charge is 2.00 e. The maximum absolute atomic E-state index is 10.6. The van der Waals surface area contributed by atoms with E-state index in [-0.39, 0.29) is 649 Å². The molecular formula is C4H40Ca16O10P2. The van der Waals surface area contributed by atoms with Crippen LogP contribution in [0, 0.1) is 0 Å². The third-order valence-electron chi connectivity index (χ3n) is 0.975. The van der Waals surface area contributed by atoms with Gasteiger partial charge in [-0.3, -0.25) is 29.2 Å². The van der Waals surface area contributed by atoms with Crippen LogP contribution in [0.4, 0.5) is 0 Å². The number of carbonyl (C=O) groups excluding carboxylic acids is 2. The van der Waals surface area contributed by atoms with Gasteiger partial charge in [-0.05, 0) is 0 Å². The molecule has 0 aliphatic rings. The SMILES string of the molecule is O=C(CCC(=O)OP(=O)(O)O)OP(=O)(O)O.[Ca+2].[Ca+2].[Ca+2].[Ca+2].[Ca+2].[Ca+2].[Ca+2].[Ca+2].[Ca+2].[Ca+2].[Ca+2].[Ca+2].[Ca+2].[Ca+2].[Ca+2].[Ca+2].[H-].[H-].[H-].[H-].[H-].[H-].[H-].[H-].[H-].[H-].[H-].[H-].[H-].[H-].[H-].[H-].[H-].[H-].[H-].[H-].[H-].[H-].[H-].[H-].[H-].[H-].[H-].[H-].[H-].[H-].[H-].[H-]. The molecule has 10 nitrogen and oxygen atoms in total. The molecular weight excluding hydrogens is 911 g/mol. The summed E-state index contributed by atoms with van der Waals surface area (Å²) in [5.41, 5.74) is 0. The zero-order valence-corrected chi connectivity index (χ0v) is 56.0. The fourth-order valence-corrected chi connectivity index (χ4v) is 1.27. The number of hydrogen-bond acceptors (Lipinski definition) is 6. The Bertz CT molecular complexity index is 421. The van der Waals surface area contributed by atoms with E-state index in [1.54, 1.807) is 0 Å². The first-order chi connectivity index (χ1) is 6.99. The van der Waals surface area contributed by atoms with E-state index in [9.17, 15) is 18.7 Å². The van der Waals surface area contributed by atoms with Gasteiger partial charge in [0.05, 0.1) is 12.8 Å². The van der Waals surface area contributed by atoms with Gasteiger partial charge in [0.15, 0.2) is 0 Å². The zero-order chi connectivity index (χ0) is 13.0. The molecule has 0 aromatic rings. The predicted octanol–water partition coefficient (Wildman–Crippen LogP) is -3.45. The Hall–Kier alpha value is 19.4. The summed E-state index contributed by atoms with van der Waals surface area (Å²) < 4.78 is 27.3. The third kappa shape index (κ3) is 97.8. The van der Waals surface area contributed by atoms with Gasteiger partial charge in [-0.25, -0.2) is 9.13 Å². The summed E-state index contributed by atoms with van der Waals surface area (Å²) in [4.78, 5) is 53.9. The minimum Gasteiger partial charge on any atom is -1.00 e. The molecule has 28 heteroatoms. The van der Waals surface area contributed by atoms with Gasteiger partial charge in [0.2, 0.25) is 0 Å². The van der Waals surface area contributed by atoms with Crippen LogP contribution in [0.1, 0.15) is 58.5 Å². The molecule has 0 rings (SSSR count). The molecule has 0 aromatic heterocycles. The summed E-state index contributed by atoms with van der Waals surface area (Å²) in [6.45, 7) is 0. The molecule has 0 aliphatic carbocycles. The molecule has 32 heavy (non-hydrogen) atoms. The Kier molecular flexibility index (Phi) is 247. The summed E-state index contributed by atoms with van der Waals surface area (Å²) in [5.74, 6) is -2.79. The first-order valence-electron chi connectivity index (χ1n) is 3.55. The molecule has 0 spiro atoms. The van der Waals surface area contributed by atoms with Crippen molar-refractivity contribution in [3.05, 3.63) is 0 Å². The Morgan fingerprint density at radius 3 is 0.688 bits per heavy atom. The van der Waals surface area contributed by atoms with Gasteiger partial charge in [-0.1, -0.05) is 0 Å². The van der Waals surface area contributed by atoms with E-state index in [2.05, 4.69) is 9.05 Å². The first-order valence-corrected chi connectivity index (χ1v) is 6.61. The molecule has 0 unspecified atom stereocenters. The van der Waals surface area contributed by atoms with E-state index < -0.39 is 40.4 Å². The second-order valence-electron chi connectivity index (χ2n) is 2.41. The van der Waals surface area contributed by atoms with E-state index >= 15 is 0 Å². The van der Waals surface area contributed by atoms with Crippen LogP contribution < -0.4 is 0 Å². The smallest absolute Gasteiger partial charge is 1.00 e. The fraction of sp³-hybridized carbons (Fsp3) is 0.500. The number of phosphoric ester groups is 2. The molecule has 0 radical (unpaired) electrons. The zero-order valence-electron chi connectivity index (χ0n) is 50.9. The van der Waals surface area contributed by atoms with Crippen LogP contribution in [0.3, 0.4) is 0 Å². The molecule has 0 aliphatic heterocycles. The molecule has 0 heterocycles. The second kappa shape index (κ2) is 71.8. The molecule has 4 N–H and O–H groups in total. The van der Waals surface area contributed by atoms with Crippen LogP contribution in [0.25, 0.3) is 0 Å². The standard InChI is InChI=1S/C4H8O10P2.16Ca.32H/c5-3(13-15(7,8)9)1-2-4(6)14-16(10,11)12;;;;;;;;;;;;;;;;;;;;;;;;;;;;;;;;;;;;;;;;;;;;;;;;/h1-2H2,(H2,7,8,9)(H2,10,11,12);;;;;;;;;;;;;;;;;;;;;;;;;;;;;;;;;;;;;;;;;;;;;;;;/q;16*+2;32*-1. The summed E-state index contributed by atoms with van der Waals surface area (Å²) in [5, 5.41) is 0. The summed E-state index contributed by atoms with van der Waals surface area (Å²) in [6, 6.07) is 0. The van der Waals surface area contributed by atoms with E-state index in [0.29, 0.717) is 0 Å². The molecule has 0 atom stereocenters. The van der Waals surface area contributed by atoms with Crippen molar-refractivity contribution in [3.8, 4) is 0 Å². The maximum Gasteiger partial charge on any atom is 2.00 e. The number of hydrogen-bond donors (Lipinski definition) is 4. The van der Waals surface area contributed by atoms with Crippen molar-refractivity contribution >= 4 is 631 Å². The molecule has 0 saturated heterocycles. The molecule has 0 fully saturated rings. The Morgan fingerprint density at radius 1 is 0.469 bits per heavy atom. The van der Waals surface area contributed by atoms with Crippen molar-refractivity contribution in [1.29, 1.82) is 0 Å². The van der Waals surface area contributed by atoms with Crippen molar-refractivity contribution in [1.82, 2.24) is 0 Å². The average Bonchev–Trinajstić information content (AvgIpc) is 1.94. The van der Waals surface area contributed by atoms with Gasteiger partial charge in [0.25, 0.3) is 0 Å². The number of phosphoric acid groups is 2. The van der Waals surface area contributed by atoms with Crippen LogP contribution in [0.15, 0.2) is 0 Å². The van der Waals surface area contributed by atoms with Crippen molar-refractivity contribution in [2.45, 2.75) is 12.8 Å². The van der Waals surface area contributed by atoms with Crippen LogP contribution in [0.2, 0.25) is 0 Å². The van der Waals surface area contributed by atoms with Crippen LogP contribution in [-0.4, -0.2) is 635 Å². The third-order valence-corrected chi connectivity index (χ3v) is 1.86. The van der Waals surface area contributed by atoms with Gasteiger partial charge in [-0.2, -0.15) is 0 Å². The number of rotatable bonds is 5. The average molecular weight is 952 g/mol. The fourth-order valence-electron chi connectivity index (χ4n) is 0.561. The Balaban J connectivity index is -0.000000000997. The topological polar surface area (TPSA) is 168 Å². The van der Waals surface area contributed by atoms with Gasteiger partial charge < -0.3 is 54.7 Å². The van der Waals surface area contributed by atoms with Crippen molar-refractivity contribution in [2.24, 2.45) is 0 Å². The molecule has 0 aromatic carbocycles. The quantitative estimate of drug-likeness (QED) is 0.161. The minimum absolute atomic E-state index is 0. The van der Waals surface area contributed by atoms with E-state index in [1.165, 1.54) is 0 Å². The van der Waals surface area contributed by atoms with Crippen LogP contribution in [0.5, 0.6) is 0 Å². The second-order valence-corrected chi connectivity index (χ2v) is 4.74. The summed E-state index contributed by atoms with van der Waals surface area (Å²) in [6.07, 6.45) is -1.55. The van der Waals surface area contributed by atoms with Crippen molar-refractivity contribution in [3.63, 3.8) is 0 Å². The maximum atomic E-state index is 10.6.